The zero-order chi connectivity index (χ0) is 13.5. The molecule has 0 spiro atoms. The Morgan fingerprint density at radius 1 is 1.68 bits per heavy atom. The lowest BCUT2D eigenvalue weighted by molar-refractivity contribution is 0.00521. The third-order valence-electron chi connectivity index (χ3n) is 2.90. The number of morpholine rings is 1. The van der Waals surface area contributed by atoms with Crippen molar-refractivity contribution in [2.24, 2.45) is 0 Å². The molecule has 19 heavy (non-hydrogen) atoms. The van der Waals surface area contributed by atoms with Gasteiger partial charge in [-0.1, -0.05) is 6.92 Å². The van der Waals surface area contributed by atoms with Gasteiger partial charge in [0.25, 0.3) is 0 Å². The Labute approximate surface area is 117 Å². The van der Waals surface area contributed by atoms with E-state index in [1.54, 1.807) is 6.20 Å². The summed E-state index contributed by atoms with van der Waals surface area (Å²) in [7, 11) is 0. The number of thiazole rings is 1. The lowest BCUT2D eigenvalue weighted by atomic mass is 10.2. The number of carbonyl (C=O) groups is 1. The van der Waals surface area contributed by atoms with E-state index in [1.165, 1.54) is 11.3 Å². The molecule has 0 radical (unpaired) electrons. The van der Waals surface area contributed by atoms with Crippen LogP contribution < -0.4 is 5.32 Å². The van der Waals surface area contributed by atoms with Crippen LogP contribution in [0.3, 0.4) is 0 Å². The van der Waals surface area contributed by atoms with Crippen LogP contribution in [-0.4, -0.2) is 43.4 Å². The van der Waals surface area contributed by atoms with E-state index in [2.05, 4.69) is 17.2 Å². The number of esters is 1. The van der Waals surface area contributed by atoms with Gasteiger partial charge in [-0.3, -0.25) is 0 Å². The molecule has 106 valence electrons. The summed E-state index contributed by atoms with van der Waals surface area (Å²) in [6, 6.07) is 0. The van der Waals surface area contributed by atoms with E-state index in [0.717, 1.165) is 44.0 Å². The normalized spacial score (nSPS) is 19.3. The third-order valence-corrected chi connectivity index (χ3v) is 3.93. The van der Waals surface area contributed by atoms with Gasteiger partial charge in [0.15, 0.2) is 0 Å². The van der Waals surface area contributed by atoms with E-state index in [1.807, 2.05) is 0 Å². The summed E-state index contributed by atoms with van der Waals surface area (Å²) in [6.07, 6.45) is 4.45. The molecule has 1 fully saturated rings. The molecular formula is C13H20N2O3S. The van der Waals surface area contributed by atoms with Crippen molar-refractivity contribution >= 4 is 17.3 Å². The first-order valence-corrected chi connectivity index (χ1v) is 7.55. The standard InChI is InChI=1S/C13H20N2O3S/c1-2-3-12-15-9-11(19-12)13(16)18-6-4-10-8-14-5-7-17-10/h9-10,14H,2-8H2,1H3. The molecule has 1 aromatic rings. The molecule has 0 aliphatic carbocycles. The number of rotatable bonds is 6. The fraction of sp³-hybridized carbons (Fsp3) is 0.692. The first-order chi connectivity index (χ1) is 9.29. The van der Waals surface area contributed by atoms with Crippen molar-refractivity contribution in [2.45, 2.75) is 32.3 Å². The molecule has 0 bridgehead atoms. The minimum Gasteiger partial charge on any atom is -0.461 e. The summed E-state index contributed by atoms with van der Waals surface area (Å²) in [5.74, 6) is -0.274. The molecule has 0 aromatic carbocycles. The Hall–Kier alpha value is -0.980. The van der Waals surface area contributed by atoms with E-state index >= 15 is 0 Å². The van der Waals surface area contributed by atoms with Crippen LogP contribution in [0.25, 0.3) is 0 Å². The number of ether oxygens (including phenoxy) is 2. The van der Waals surface area contributed by atoms with Gasteiger partial charge in [0, 0.05) is 19.5 Å². The Bertz CT molecular complexity index is 402. The number of nitrogens with one attached hydrogen (secondary N) is 1. The first-order valence-electron chi connectivity index (χ1n) is 6.73. The van der Waals surface area contributed by atoms with Crippen molar-refractivity contribution in [3.05, 3.63) is 16.1 Å². The molecule has 2 rings (SSSR count). The average Bonchev–Trinajstić information content (AvgIpc) is 2.89. The highest BCUT2D eigenvalue weighted by Crippen LogP contribution is 2.15. The Morgan fingerprint density at radius 3 is 3.32 bits per heavy atom. The van der Waals surface area contributed by atoms with Gasteiger partial charge in [-0.2, -0.15) is 0 Å². The van der Waals surface area contributed by atoms with E-state index in [9.17, 15) is 4.79 Å². The van der Waals surface area contributed by atoms with Gasteiger partial charge in [-0.25, -0.2) is 9.78 Å². The summed E-state index contributed by atoms with van der Waals surface area (Å²) in [6.45, 7) is 4.95. The van der Waals surface area contributed by atoms with Crippen molar-refractivity contribution < 1.29 is 14.3 Å². The van der Waals surface area contributed by atoms with Crippen LogP contribution in [0.5, 0.6) is 0 Å². The average molecular weight is 284 g/mol. The molecule has 1 aliphatic rings. The van der Waals surface area contributed by atoms with Gasteiger partial charge >= 0.3 is 5.97 Å². The number of hydrogen-bond donors (Lipinski definition) is 1. The van der Waals surface area contributed by atoms with Crippen molar-refractivity contribution in [1.29, 1.82) is 0 Å². The second kappa shape index (κ2) is 7.57. The van der Waals surface area contributed by atoms with Crippen LogP contribution in [0.4, 0.5) is 0 Å². The van der Waals surface area contributed by atoms with Crippen LogP contribution >= 0.6 is 11.3 Å². The lowest BCUT2D eigenvalue weighted by Crippen LogP contribution is -2.39. The van der Waals surface area contributed by atoms with Crippen molar-refractivity contribution in [3.63, 3.8) is 0 Å². The van der Waals surface area contributed by atoms with E-state index in [-0.39, 0.29) is 12.1 Å². The van der Waals surface area contributed by atoms with Crippen LogP contribution in [0.1, 0.15) is 34.4 Å². The quantitative estimate of drug-likeness (QED) is 0.805. The minimum absolute atomic E-state index is 0.152. The number of aromatic nitrogens is 1. The molecule has 1 N–H and O–H groups in total. The summed E-state index contributed by atoms with van der Waals surface area (Å²) in [4.78, 5) is 16.6. The molecule has 1 atom stereocenters. The highest BCUT2D eigenvalue weighted by molar-refractivity contribution is 7.13. The van der Waals surface area contributed by atoms with Crippen molar-refractivity contribution in [2.75, 3.05) is 26.3 Å². The molecule has 5 nitrogen and oxygen atoms in total. The number of aryl methyl sites for hydroxylation is 1. The van der Waals surface area contributed by atoms with Crippen LogP contribution in [-0.2, 0) is 15.9 Å². The van der Waals surface area contributed by atoms with Gasteiger partial charge in [-0.05, 0) is 12.8 Å². The van der Waals surface area contributed by atoms with Crippen LogP contribution in [0, 0.1) is 0 Å². The second-order valence-corrected chi connectivity index (χ2v) is 5.60. The van der Waals surface area contributed by atoms with Crippen molar-refractivity contribution in [1.82, 2.24) is 10.3 Å². The van der Waals surface area contributed by atoms with Gasteiger partial charge < -0.3 is 14.8 Å². The topological polar surface area (TPSA) is 60.5 Å². The molecule has 1 saturated heterocycles. The van der Waals surface area contributed by atoms with E-state index < -0.39 is 0 Å². The molecular weight excluding hydrogens is 264 g/mol. The zero-order valence-electron chi connectivity index (χ0n) is 11.2. The smallest absolute Gasteiger partial charge is 0.349 e. The highest BCUT2D eigenvalue weighted by Gasteiger charge is 2.15. The predicted octanol–water partition coefficient (Wildman–Crippen LogP) is 1.63. The lowest BCUT2D eigenvalue weighted by Gasteiger charge is -2.23. The maximum atomic E-state index is 11.8. The third kappa shape index (κ3) is 4.56. The molecule has 0 saturated carbocycles. The molecule has 1 aromatic heterocycles. The van der Waals surface area contributed by atoms with Crippen LogP contribution in [0.2, 0.25) is 0 Å². The zero-order valence-corrected chi connectivity index (χ0v) is 12.0. The fourth-order valence-electron chi connectivity index (χ4n) is 1.89. The first kappa shape index (κ1) is 14.4. The minimum atomic E-state index is -0.274. The van der Waals surface area contributed by atoms with E-state index in [4.69, 9.17) is 9.47 Å². The van der Waals surface area contributed by atoms with E-state index in [0.29, 0.717) is 11.5 Å². The number of hydrogen-bond acceptors (Lipinski definition) is 6. The summed E-state index contributed by atoms with van der Waals surface area (Å²) >= 11 is 1.42. The van der Waals surface area contributed by atoms with Gasteiger partial charge in [0.05, 0.1) is 30.5 Å². The molecule has 2 heterocycles. The Kier molecular flexibility index (Phi) is 5.75. The SMILES string of the molecule is CCCc1ncc(C(=O)OCCC2CNCCO2)s1. The summed E-state index contributed by atoms with van der Waals surface area (Å²) < 4.78 is 10.8. The van der Waals surface area contributed by atoms with Crippen LogP contribution in [0.15, 0.2) is 6.20 Å². The predicted molar refractivity (Wildman–Crippen MR) is 73.6 cm³/mol. The maximum absolute atomic E-state index is 11.8. The van der Waals surface area contributed by atoms with Gasteiger partial charge in [0.1, 0.15) is 4.88 Å². The fourth-order valence-corrected chi connectivity index (χ4v) is 2.81. The Balaban J connectivity index is 1.70. The second-order valence-electron chi connectivity index (χ2n) is 4.49. The summed E-state index contributed by atoms with van der Waals surface area (Å²) in [5.41, 5.74) is 0. The monoisotopic (exact) mass is 284 g/mol. The van der Waals surface area contributed by atoms with Gasteiger partial charge in [-0.15, -0.1) is 11.3 Å². The number of carbonyl (C=O) groups excluding carboxylic acids is 1. The molecule has 6 heteroatoms. The molecule has 0 amide bonds. The molecule has 1 unspecified atom stereocenters. The molecule has 1 aliphatic heterocycles. The maximum Gasteiger partial charge on any atom is 0.349 e. The van der Waals surface area contributed by atoms with Crippen molar-refractivity contribution in [3.8, 4) is 0 Å². The summed E-state index contributed by atoms with van der Waals surface area (Å²) in [5, 5.41) is 4.24. The largest absolute Gasteiger partial charge is 0.461 e. The highest BCUT2D eigenvalue weighted by atomic mass is 32.1. The van der Waals surface area contributed by atoms with Gasteiger partial charge in [0.2, 0.25) is 0 Å². The number of nitrogens with zero attached hydrogens (tertiary/aromatic N) is 1. The Morgan fingerprint density at radius 2 is 2.58 bits per heavy atom.